The van der Waals surface area contributed by atoms with Crippen molar-refractivity contribution in [2.45, 2.75) is 64.3 Å². The van der Waals surface area contributed by atoms with Gasteiger partial charge in [-0.3, -0.25) is 0 Å². The van der Waals surface area contributed by atoms with Crippen LogP contribution in [-0.4, -0.2) is 17.7 Å². The van der Waals surface area contributed by atoms with Crippen molar-refractivity contribution in [3.05, 3.63) is 27.3 Å². The van der Waals surface area contributed by atoms with Crippen LogP contribution in [0.15, 0.2) is 0 Å². The number of nitrogens with one attached hydrogen (secondary N) is 1. The molecule has 1 aromatic rings. The molecule has 1 heterocycles. The molecule has 110 valence electrons. The van der Waals surface area contributed by atoms with Crippen LogP contribution in [0, 0.1) is 6.92 Å². The number of hydrogen-bond acceptors (Lipinski definition) is 2. The number of halogens is 1. The first kappa shape index (κ1) is 14.2. The Morgan fingerprint density at radius 1 is 1.15 bits per heavy atom. The fraction of sp³-hybridized carbons (Fsp3) is 0.647. The van der Waals surface area contributed by atoms with Gasteiger partial charge >= 0.3 is 0 Å². The van der Waals surface area contributed by atoms with Crippen LogP contribution >= 0.6 is 11.6 Å². The topological polar surface area (TPSA) is 32.3 Å². The zero-order valence-electron chi connectivity index (χ0n) is 12.3. The minimum atomic E-state index is 0.345. The summed E-state index contributed by atoms with van der Waals surface area (Å²) in [4.78, 5) is 0. The second-order valence-electron chi connectivity index (χ2n) is 6.28. The van der Waals surface area contributed by atoms with E-state index in [1.54, 1.807) is 0 Å². The molecule has 2 nitrogen and oxygen atoms in total. The Kier molecular flexibility index (Phi) is 4.23. The highest BCUT2D eigenvalue weighted by atomic mass is 35.5. The van der Waals surface area contributed by atoms with E-state index in [-0.39, 0.29) is 0 Å². The summed E-state index contributed by atoms with van der Waals surface area (Å²) in [6.45, 7) is 3.27. The van der Waals surface area contributed by atoms with Gasteiger partial charge in [0.05, 0.1) is 5.02 Å². The maximum atomic E-state index is 10.5. The molecule has 1 saturated heterocycles. The molecule has 0 saturated carbocycles. The molecule has 0 aromatic heterocycles. The summed E-state index contributed by atoms with van der Waals surface area (Å²) in [5.41, 5.74) is 4.97. The van der Waals surface area contributed by atoms with Crippen molar-refractivity contribution in [3.63, 3.8) is 0 Å². The summed E-state index contributed by atoms with van der Waals surface area (Å²) in [6, 6.07) is 0.492. The molecule has 2 N–H and O–H groups in total. The Labute approximate surface area is 126 Å². The van der Waals surface area contributed by atoms with Gasteiger partial charge in [0.15, 0.2) is 0 Å². The van der Waals surface area contributed by atoms with Crippen LogP contribution in [0.2, 0.25) is 5.02 Å². The predicted molar refractivity (Wildman–Crippen MR) is 83.8 cm³/mol. The van der Waals surface area contributed by atoms with E-state index in [4.69, 9.17) is 11.6 Å². The zero-order valence-corrected chi connectivity index (χ0v) is 13.0. The average molecular weight is 294 g/mol. The average Bonchev–Trinajstić information content (AvgIpc) is 2.50. The smallest absolute Gasteiger partial charge is 0.137 e. The standard InChI is InChI=1S/C17H24ClNO/c1-11-13-7-2-3-8-14(13)16(18)17(20)15(11)10-12-6-4-5-9-19-12/h12,19-20H,2-10H2,1H3. The first-order valence-corrected chi connectivity index (χ1v) is 8.31. The lowest BCUT2D eigenvalue weighted by Crippen LogP contribution is -2.35. The van der Waals surface area contributed by atoms with Gasteiger partial charge in [-0.2, -0.15) is 0 Å². The zero-order chi connectivity index (χ0) is 14.1. The highest BCUT2D eigenvalue weighted by molar-refractivity contribution is 6.33. The van der Waals surface area contributed by atoms with Gasteiger partial charge < -0.3 is 10.4 Å². The minimum absolute atomic E-state index is 0.345. The lowest BCUT2D eigenvalue weighted by molar-refractivity contribution is 0.390. The van der Waals surface area contributed by atoms with Crippen molar-refractivity contribution in [2.24, 2.45) is 0 Å². The van der Waals surface area contributed by atoms with Gasteiger partial charge in [-0.25, -0.2) is 0 Å². The number of phenolic OH excluding ortho intramolecular Hbond substituents is 1. The van der Waals surface area contributed by atoms with Gasteiger partial charge in [0, 0.05) is 11.6 Å². The molecule has 1 unspecified atom stereocenters. The molecular weight excluding hydrogens is 270 g/mol. The van der Waals surface area contributed by atoms with Crippen LogP contribution in [0.1, 0.15) is 54.4 Å². The molecule has 1 atom stereocenters. The van der Waals surface area contributed by atoms with Crippen LogP contribution < -0.4 is 5.32 Å². The minimum Gasteiger partial charge on any atom is -0.506 e. The lowest BCUT2D eigenvalue weighted by Gasteiger charge is -2.27. The summed E-state index contributed by atoms with van der Waals surface area (Å²) in [7, 11) is 0. The molecule has 1 aromatic carbocycles. The number of piperidine rings is 1. The molecule has 0 bridgehead atoms. The normalized spacial score (nSPS) is 22.6. The maximum Gasteiger partial charge on any atom is 0.137 e. The van der Waals surface area contributed by atoms with E-state index >= 15 is 0 Å². The quantitative estimate of drug-likeness (QED) is 0.866. The number of phenols is 1. The number of benzene rings is 1. The number of aromatic hydroxyl groups is 1. The molecular formula is C17H24ClNO. The van der Waals surface area contributed by atoms with Crippen LogP contribution in [0.25, 0.3) is 0 Å². The van der Waals surface area contributed by atoms with Crippen molar-refractivity contribution in [1.29, 1.82) is 0 Å². The molecule has 0 radical (unpaired) electrons. The third-order valence-electron chi connectivity index (χ3n) is 4.99. The highest BCUT2D eigenvalue weighted by Gasteiger charge is 2.24. The molecule has 1 aliphatic heterocycles. The van der Waals surface area contributed by atoms with Crippen LogP contribution in [0.3, 0.4) is 0 Å². The van der Waals surface area contributed by atoms with E-state index in [0.29, 0.717) is 16.8 Å². The Morgan fingerprint density at radius 2 is 1.90 bits per heavy atom. The van der Waals surface area contributed by atoms with E-state index in [9.17, 15) is 5.11 Å². The fourth-order valence-electron chi connectivity index (χ4n) is 3.79. The summed E-state index contributed by atoms with van der Waals surface area (Å²) < 4.78 is 0. The Balaban J connectivity index is 1.95. The van der Waals surface area contributed by atoms with Crippen molar-refractivity contribution in [2.75, 3.05) is 6.54 Å². The molecule has 20 heavy (non-hydrogen) atoms. The molecule has 0 spiro atoms. The summed E-state index contributed by atoms with van der Waals surface area (Å²) in [6.07, 6.45) is 9.24. The monoisotopic (exact) mass is 293 g/mol. The molecule has 3 heteroatoms. The Bertz CT molecular complexity index is 506. The van der Waals surface area contributed by atoms with Crippen LogP contribution in [0.4, 0.5) is 0 Å². The van der Waals surface area contributed by atoms with Gasteiger partial charge in [0.1, 0.15) is 5.75 Å². The third kappa shape index (κ3) is 2.56. The third-order valence-corrected chi connectivity index (χ3v) is 5.40. The van der Waals surface area contributed by atoms with E-state index in [1.165, 1.54) is 48.8 Å². The van der Waals surface area contributed by atoms with Crippen molar-refractivity contribution in [1.82, 2.24) is 5.32 Å². The lowest BCUT2D eigenvalue weighted by atomic mass is 9.84. The molecule has 1 fully saturated rings. The van der Waals surface area contributed by atoms with Crippen molar-refractivity contribution >= 4 is 11.6 Å². The maximum absolute atomic E-state index is 10.5. The van der Waals surface area contributed by atoms with Gasteiger partial charge in [-0.05, 0) is 75.1 Å². The SMILES string of the molecule is Cc1c(CC2CCCCN2)c(O)c(Cl)c2c1CCCC2. The highest BCUT2D eigenvalue weighted by Crippen LogP contribution is 2.41. The first-order chi connectivity index (χ1) is 9.68. The first-order valence-electron chi connectivity index (χ1n) is 7.93. The van der Waals surface area contributed by atoms with Crippen molar-refractivity contribution in [3.8, 4) is 5.75 Å². The largest absolute Gasteiger partial charge is 0.506 e. The number of rotatable bonds is 2. The molecule has 0 amide bonds. The van der Waals surface area contributed by atoms with Gasteiger partial charge in [-0.1, -0.05) is 18.0 Å². The van der Waals surface area contributed by atoms with Gasteiger partial charge in [0.25, 0.3) is 0 Å². The Morgan fingerprint density at radius 3 is 2.60 bits per heavy atom. The van der Waals surface area contributed by atoms with E-state index in [0.717, 1.165) is 31.4 Å². The summed E-state index contributed by atoms with van der Waals surface area (Å²) in [5.74, 6) is 0.345. The van der Waals surface area contributed by atoms with Crippen LogP contribution in [0.5, 0.6) is 5.75 Å². The number of fused-ring (bicyclic) bond motifs is 1. The number of hydrogen-bond donors (Lipinski definition) is 2. The molecule has 1 aliphatic carbocycles. The predicted octanol–water partition coefficient (Wildman–Crippen LogP) is 3.92. The second-order valence-corrected chi connectivity index (χ2v) is 6.66. The fourth-order valence-corrected chi connectivity index (χ4v) is 4.11. The van der Waals surface area contributed by atoms with E-state index < -0.39 is 0 Å². The molecule has 2 aliphatic rings. The van der Waals surface area contributed by atoms with E-state index in [2.05, 4.69) is 12.2 Å². The van der Waals surface area contributed by atoms with Crippen molar-refractivity contribution < 1.29 is 5.11 Å². The van der Waals surface area contributed by atoms with Crippen LogP contribution in [-0.2, 0) is 19.3 Å². The van der Waals surface area contributed by atoms with Gasteiger partial charge in [0.2, 0.25) is 0 Å². The summed E-state index contributed by atoms with van der Waals surface area (Å²) >= 11 is 6.44. The summed E-state index contributed by atoms with van der Waals surface area (Å²) in [5, 5.41) is 14.7. The van der Waals surface area contributed by atoms with E-state index in [1.807, 2.05) is 0 Å². The Hall–Kier alpha value is -0.730. The molecule has 3 rings (SSSR count). The second kappa shape index (κ2) is 5.95. The van der Waals surface area contributed by atoms with Gasteiger partial charge in [-0.15, -0.1) is 0 Å².